The van der Waals surface area contributed by atoms with Gasteiger partial charge in [-0.15, -0.1) is 0 Å². The van der Waals surface area contributed by atoms with Crippen LogP contribution in [0.15, 0.2) is 18.2 Å². The Morgan fingerprint density at radius 1 is 1.42 bits per heavy atom. The van der Waals surface area contributed by atoms with E-state index in [1.165, 1.54) is 12.1 Å². The summed E-state index contributed by atoms with van der Waals surface area (Å²) in [5, 5.41) is 2.96. The van der Waals surface area contributed by atoms with Gasteiger partial charge >= 0.3 is 0 Å². The molecule has 8 heteroatoms. The predicted molar refractivity (Wildman–Crippen MR) is 95.7 cm³/mol. The summed E-state index contributed by atoms with van der Waals surface area (Å²) < 4.78 is 13.2. The summed E-state index contributed by atoms with van der Waals surface area (Å²) in [6.07, 6.45) is 3.14. The number of aryl methyl sites for hydroxylation is 1. The summed E-state index contributed by atoms with van der Waals surface area (Å²) in [5.41, 5.74) is 6.64. The van der Waals surface area contributed by atoms with Crippen molar-refractivity contribution in [1.82, 2.24) is 20.2 Å². The van der Waals surface area contributed by atoms with Gasteiger partial charge in [-0.1, -0.05) is 0 Å². The highest BCUT2D eigenvalue weighted by Crippen LogP contribution is 2.16. The van der Waals surface area contributed by atoms with Gasteiger partial charge in [0, 0.05) is 19.5 Å². The van der Waals surface area contributed by atoms with E-state index in [1.54, 1.807) is 6.07 Å². The quantitative estimate of drug-likeness (QED) is 0.639. The minimum absolute atomic E-state index is 0.0193. The second kappa shape index (κ2) is 8.27. The van der Waals surface area contributed by atoms with E-state index in [4.69, 9.17) is 5.73 Å². The fraction of sp³-hybridized carbons (Fsp3) is 0.500. The molecule has 2 amide bonds. The molecule has 1 aromatic carbocycles. The zero-order valence-electron chi connectivity index (χ0n) is 14.6. The van der Waals surface area contributed by atoms with Crippen LogP contribution in [0.1, 0.15) is 25.1 Å². The first kappa shape index (κ1) is 18.3. The molecule has 0 spiro atoms. The molecular formula is C18H24FN5O2. The van der Waals surface area contributed by atoms with E-state index in [0.717, 1.165) is 37.1 Å². The molecule has 26 heavy (non-hydrogen) atoms. The Kier molecular flexibility index (Phi) is 5.82. The van der Waals surface area contributed by atoms with Crippen molar-refractivity contribution in [2.24, 2.45) is 11.7 Å². The normalized spacial score (nSPS) is 18.1. The zero-order valence-corrected chi connectivity index (χ0v) is 14.6. The number of benzene rings is 1. The van der Waals surface area contributed by atoms with Crippen molar-refractivity contribution >= 4 is 22.8 Å². The van der Waals surface area contributed by atoms with E-state index < -0.39 is 0 Å². The van der Waals surface area contributed by atoms with Gasteiger partial charge < -0.3 is 16.0 Å². The van der Waals surface area contributed by atoms with Gasteiger partial charge in [0.05, 0.1) is 23.5 Å². The number of nitrogens with one attached hydrogen (secondary N) is 2. The fourth-order valence-electron chi connectivity index (χ4n) is 3.40. The number of halogens is 1. The van der Waals surface area contributed by atoms with E-state index in [9.17, 15) is 14.0 Å². The maximum Gasteiger partial charge on any atom is 0.231 e. The van der Waals surface area contributed by atoms with Crippen molar-refractivity contribution in [3.8, 4) is 0 Å². The first-order valence-electron chi connectivity index (χ1n) is 8.94. The molecular weight excluding hydrogens is 337 g/mol. The van der Waals surface area contributed by atoms with E-state index >= 15 is 0 Å². The number of H-pyrrole nitrogens is 1. The van der Waals surface area contributed by atoms with Crippen molar-refractivity contribution in [2.75, 3.05) is 26.2 Å². The molecule has 0 radical (unpaired) electrons. The van der Waals surface area contributed by atoms with Gasteiger partial charge in [0.2, 0.25) is 11.8 Å². The van der Waals surface area contributed by atoms with E-state index in [-0.39, 0.29) is 30.1 Å². The number of nitrogens with zero attached hydrogens (tertiary/aromatic N) is 2. The third-order valence-corrected chi connectivity index (χ3v) is 4.64. The third kappa shape index (κ3) is 4.78. The number of carbonyl (C=O) groups is 2. The maximum absolute atomic E-state index is 13.2. The van der Waals surface area contributed by atoms with E-state index in [0.29, 0.717) is 25.0 Å². The lowest BCUT2D eigenvalue weighted by molar-refractivity contribution is -0.128. The second-order valence-corrected chi connectivity index (χ2v) is 6.78. The highest BCUT2D eigenvalue weighted by atomic mass is 19.1. The van der Waals surface area contributed by atoms with Crippen LogP contribution in [0, 0.1) is 11.7 Å². The van der Waals surface area contributed by atoms with Gasteiger partial charge in [-0.05, 0) is 44.0 Å². The van der Waals surface area contributed by atoms with Crippen LogP contribution in [0.3, 0.4) is 0 Å². The summed E-state index contributed by atoms with van der Waals surface area (Å²) in [5.74, 6) is 0.0443. The number of likely N-dealkylation sites (tertiary alicyclic amines) is 1. The summed E-state index contributed by atoms with van der Waals surface area (Å²) in [7, 11) is 0. The standard InChI is InChI=1S/C18H24FN5O2/c19-13-5-6-14-15(9-13)23-17(22-14)4-1-7-21-18(26)12-3-2-8-24(10-12)11-16(20)25/h5-6,9,12H,1-4,7-8,10-11H2,(H2,20,25)(H,21,26)(H,22,23)/t12-/m1/s1. The molecule has 0 bridgehead atoms. The maximum atomic E-state index is 13.2. The Hall–Kier alpha value is -2.48. The molecule has 1 fully saturated rings. The first-order chi connectivity index (χ1) is 12.5. The van der Waals surface area contributed by atoms with Gasteiger partial charge in [0.25, 0.3) is 0 Å². The van der Waals surface area contributed by atoms with Crippen molar-refractivity contribution in [3.05, 3.63) is 29.8 Å². The minimum atomic E-state index is -0.364. The van der Waals surface area contributed by atoms with Crippen molar-refractivity contribution < 1.29 is 14.0 Å². The molecule has 140 valence electrons. The highest BCUT2D eigenvalue weighted by molar-refractivity contribution is 5.79. The van der Waals surface area contributed by atoms with Crippen molar-refractivity contribution in [2.45, 2.75) is 25.7 Å². The molecule has 1 atom stereocenters. The lowest BCUT2D eigenvalue weighted by Gasteiger charge is -2.30. The topological polar surface area (TPSA) is 104 Å². The Morgan fingerprint density at radius 2 is 2.27 bits per heavy atom. The average molecular weight is 361 g/mol. The Bertz CT molecular complexity index is 791. The summed E-state index contributed by atoms with van der Waals surface area (Å²) in [4.78, 5) is 32.8. The molecule has 2 heterocycles. The summed E-state index contributed by atoms with van der Waals surface area (Å²) in [6, 6.07) is 4.46. The molecule has 1 aliphatic rings. The average Bonchev–Trinajstić information content (AvgIpc) is 3.00. The molecule has 7 nitrogen and oxygen atoms in total. The number of aromatic amines is 1. The Balaban J connectivity index is 1.42. The smallest absolute Gasteiger partial charge is 0.231 e. The number of hydrogen-bond donors (Lipinski definition) is 3. The fourth-order valence-corrected chi connectivity index (χ4v) is 3.40. The number of imidazole rings is 1. The SMILES string of the molecule is NC(=O)CN1CCC[C@@H](C(=O)NCCCc2nc3ccc(F)cc3[nH]2)C1. The van der Waals surface area contributed by atoms with Gasteiger partial charge in [0.15, 0.2) is 0 Å². The number of aromatic nitrogens is 2. The number of primary amides is 1. The van der Waals surface area contributed by atoms with Crippen LogP contribution in [-0.2, 0) is 16.0 Å². The number of hydrogen-bond acceptors (Lipinski definition) is 4. The molecule has 0 saturated carbocycles. The number of nitrogens with two attached hydrogens (primary N) is 1. The van der Waals surface area contributed by atoms with Gasteiger partial charge in [-0.3, -0.25) is 14.5 Å². The van der Waals surface area contributed by atoms with Crippen LogP contribution >= 0.6 is 0 Å². The predicted octanol–water partition coefficient (Wildman–Crippen LogP) is 0.948. The second-order valence-electron chi connectivity index (χ2n) is 6.78. The molecule has 0 aliphatic carbocycles. The minimum Gasteiger partial charge on any atom is -0.369 e. The molecule has 1 saturated heterocycles. The van der Waals surface area contributed by atoms with Crippen LogP contribution in [-0.4, -0.2) is 52.9 Å². The highest BCUT2D eigenvalue weighted by Gasteiger charge is 2.26. The molecule has 1 aromatic heterocycles. The molecule has 2 aromatic rings. The number of carbonyl (C=O) groups excluding carboxylic acids is 2. The molecule has 1 aliphatic heterocycles. The molecule has 0 unspecified atom stereocenters. The number of amides is 2. The Morgan fingerprint density at radius 3 is 3.08 bits per heavy atom. The first-order valence-corrected chi connectivity index (χ1v) is 8.94. The monoisotopic (exact) mass is 361 g/mol. The number of fused-ring (bicyclic) bond motifs is 1. The van der Waals surface area contributed by atoms with Gasteiger partial charge in [0.1, 0.15) is 11.6 Å². The van der Waals surface area contributed by atoms with Crippen LogP contribution in [0.5, 0.6) is 0 Å². The number of piperidine rings is 1. The molecule has 4 N–H and O–H groups in total. The van der Waals surface area contributed by atoms with E-state index in [1.807, 2.05) is 4.90 Å². The van der Waals surface area contributed by atoms with Crippen LogP contribution < -0.4 is 11.1 Å². The third-order valence-electron chi connectivity index (χ3n) is 4.64. The van der Waals surface area contributed by atoms with Crippen LogP contribution in [0.2, 0.25) is 0 Å². The lowest BCUT2D eigenvalue weighted by Crippen LogP contribution is -2.45. The summed E-state index contributed by atoms with van der Waals surface area (Å²) >= 11 is 0. The van der Waals surface area contributed by atoms with E-state index in [2.05, 4.69) is 15.3 Å². The lowest BCUT2D eigenvalue weighted by atomic mass is 9.97. The van der Waals surface area contributed by atoms with Gasteiger partial charge in [-0.25, -0.2) is 9.37 Å². The van der Waals surface area contributed by atoms with Crippen molar-refractivity contribution in [3.63, 3.8) is 0 Å². The Labute approximate surface area is 151 Å². The zero-order chi connectivity index (χ0) is 18.5. The number of rotatable bonds is 7. The van der Waals surface area contributed by atoms with Gasteiger partial charge in [-0.2, -0.15) is 0 Å². The van der Waals surface area contributed by atoms with Crippen LogP contribution in [0.25, 0.3) is 11.0 Å². The molecule has 3 rings (SSSR count). The van der Waals surface area contributed by atoms with Crippen molar-refractivity contribution in [1.29, 1.82) is 0 Å². The largest absolute Gasteiger partial charge is 0.369 e. The van der Waals surface area contributed by atoms with Crippen LogP contribution in [0.4, 0.5) is 4.39 Å². The summed E-state index contributed by atoms with van der Waals surface area (Å²) in [6.45, 7) is 2.14.